The molecule has 0 atom stereocenters. The second kappa shape index (κ2) is 10.0. The molecule has 0 unspecified atom stereocenters. The number of rotatable bonds is 5. The lowest BCUT2D eigenvalue weighted by Gasteiger charge is -2.13. The molecular formula is C16H22ClN5OS. The van der Waals surface area contributed by atoms with Crippen molar-refractivity contribution in [2.45, 2.75) is 0 Å². The minimum atomic E-state index is 0.433. The number of nitrogens with zero attached hydrogens (tertiary/aromatic N) is 1. The highest BCUT2D eigenvalue weighted by atomic mass is 35.5. The van der Waals surface area contributed by atoms with E-state index in [-0.39, 0.29) is 0 Å². The number of nitrogens with one attached hydrogen (secondary N) is 3. The molecule has 8 heteroatoms. The third-order valence-corrected chi connectivity index (χ3v) is 3.62. The quantitative estimate of drug-likeness (QED) is 0.521. The van der Waals surface area contributed by atoms with Gasteiger partial charge in [-0.05, 0) is 25.3 Å². The van der Waals surface area contributed by atoms with Gasteiger partial charge in [0.2, 0.25) is 5.95 Å². The summed E-state index contributed by atoms with van der Waals surface area (Å²) in [6.45, 7) is 0.642. The average Bonchev–Trinajstić information content (AvgIpc) is 2.60. The van der Waals surface area contributed by atoms with Crippen LogP contribution < -0.4 is 16.4 Å². The zero-order valence-electron chi connectivity index (χ0n) is 13.9. The van der Waals surface area contributed by atoms with Gasteiger partial charge in [0.1, 0.15) is 4.64 Å². The summed E-state index contributed by atoms with van der Waals surface area (Å²) in [6, 6.07) is 7.50. The Hall–Kier alpha value is -1.93. The van der Waals surface area contributed by atoms with Crippen LogP contribution in [0.3, 0.4) is 0 Å². The first-order valence-electron chi connectivity index (χ1n) is 7.20. The van der Waals surface area contributed by atoms with E-state index in [1.54, 1.807) is 7.05 Å². The van der Waals surface area contributed by atoms with Gasteiger partial charge in [0.25, 0.3) is 0 Å². The largest absolute Gasteiger partial charge is 0.400 e. The molecule has 1 aromatic heterocycles. The van der Waals surface area contributed by atoms with Gasteiger partial charge < -0.3 is 26.5 Å². The molecule has 6 N–H and O–H groups in total. The molecule has 0 fully saturated rings. The first kappa shape index (κ1) is 20.1. The van der Waals surface area contributed by atoms with Crippen LogP contribution in [0.5, 0.6) is 0 Å². The van der Waals surface area contributed by atoms with Crippen LogP contribution in [-0.2, 0) is 0 Å². The molecule has 0 saturated heterocycles. The Bertz CT molecular complexity index is 760. The molecule has 1 aromatic carbocycles. The standard InChI is InChI=1S/C15H18ClN5S.CH4O/c1-18-7-6-11(17)12-13(9-4-3-5-10(16)8-9)20-15(19-2)21-14(12)22;1-2/h3-6,8,18H,7,17H2,1-2H3,(H2,19,20,21,22);2H,1H3/b11-6-;. The second-order valence-electron chi connectivity index (χ2n) is 4.62. The maximum atomic E-state index is 7.00. The highest BCUT2D eigenvalue weighted by molar-refractivity contribution is 7.71. The minimum absolute atomic E-state index is 0.433. The Morgan fingerprint density at radius 1 is 1.42 bits per heavy atom. The molecule has 6 nitrogen and oxygen atoms in total. The molecule has 0 amide bonds. The monoisotopic (exact) mass is 367 g/mol. The highest BCUT2D eigenvalue weighted by Crippen LogP contribution is 2.28. The van der Waals surface area contributed by atoms with Gasteiger partial charge in [-0.25, -0.2) is 4.98 Å². The number of anilines is 1. The predicted octanol–water partition coefficient (Wildman–Crippen LogP) is 2.63. The molecule has 1 heterocycles. The van der Waals surface area contributed by atoms with Crippen molar-refractivity contribution in [3.63, 3.8) is 0 Å². The van der Waals surface area contributed by atoms with Gasteiger partial charge in [-0.15, -0.1) is 0 Å². The van der Waals surface area contributed by atoms with Gasteiger partial charge in [-0.3, -0.25) is 0 Å². The summed E-state index contributed by atoms with van der Waals surface area (Å²) >= 11 is 11.5. The summed E-state index contributed by atoms with van der Waals surface area (Å²) < 4.78 is 0.433. The van der Waals surface area contributed by atoms with Crippen LogP contribution in [0.25, 0.3) is 17.0 Å². The fraction of sp³-hybridized carbons (Fsp3) is 0.250. The number of aliphatic hydroxyl groups is 1. The molecule has 24 heavy (non-hydrogen) atoms. The molecule has 130 valence electrons. The molecular weight excluding hydrogens is 346 g/mol. The number of aromatic nitrogens is 2. The second-order valence-corrected chi connectivity index (χ2v) is 5.44. The minimum Gasteiger partial charge on any atom is -0.400 e. The van der Waals surface area contributed by atoms with Crippen molar-refractivity contribution in [2.75, 3.05) is 33.1 Å². The van der Waals surface area contributed by atoms with Gasteiger partial charge in [0, 0.05) is 37.0 Å². The molecule has 0 aliphatic carbocycles. The van der Waals surface area contributed by atoms with Crippen molar-refractivity contribution in [3.05, 3.63) is 45.6 Å². The summed E-state index contributed by atoms with van der Waals surface area (Å²) in [5.41, 5.74) is 9.15. The van der Waals surface area contributed by atoms with Crippen molar-refractivity contribution >= 4 is 35.5 Å². The van der Waals surface area contributed by atoms with E-state index in [0.717, 1.165) is 18.4 Å². The number of halogens is 1. The highest BCUT2D eigenvalue weighted by Gasteiger charge is 2.13. The van der Waals surface area contributed by atoms with Gasteiger partial charge in [0.15, 0.2) is 0 Å². The van der Waals surface area contributed by atoms with Crippen molar-refractivity contribution in [1.29, 1.82) is 0 Å². The first-order chi connectivity index (χ1) is 11.6. The normalized spacial score (nSPS) is 10.8. The molecule has 0 radical (unpaired) electrons. The van der Waals surface area contributed by atoms with Crippen molar-refractivity contribution in [1.82, 2.24) is 15.3 Å². The zero-order chi connectivity index (χ0) is 18.1. The predicted molar refractivity (Wildman–Crippen MR) is 104 cm³/mol. The van der Waals surface area contributed by atoms with E-state index < -0.39 is 0 Å². The van der Waals surface area contributed by atoms with Gasteiger partial charge in [-0.1, -0.05) is 36.0 Å². The average molecular weight is 368 g/mol. The van der Waals surface area contributed by atoms with E-state index in [0.29, 0.717) is 33.4 Å². The number of hydrogen-bond donors (Lipinski definition) is 5. The number of aliphatic hydroxyl groups excluding tert-OH is 1. The summed E-state index contributed by atoms with van der Waals surface area (Å²) in [5, 5.41) is 13.6. The van der Waals surface area contributed by atoms with Gasteiger partial charge in [-0.2, -0.15) is 0 Å². The third kappa shape index (κ3) is 5.04. The number of aromatic amines is 1. The van der Waals surface area contributed by atoms with Crippen LogP contribution in [0, 0.1) is 4.64 Å². The number of H-pyrrole nitrogens is 1. The third-order valence-electron chi connectivity index (χ3n) is 3.09. The lowest BCUT2D eigenvalue weighted by Crippen LogP contribution is -2.10. The van der Waals surface area contributed by atoms with E-state index in [2.05, 4.69) is 20.6 Å². The number of hydrogen-bond acceptors (Lipinski definition) is 6. The Labute approximate surface area is 151 Å². The van der Waals surface area contributed by atoms with Crippen LogP contribution in [0.4, 0.5) is 5.95 Å². The summed E-state index contributed by atoms with van der Waals surface area (Å²) in [4.78, 5) is 7.52. The SMILES string of the molecule is CNC/C=C(\N)c1c(-c2cccc(Cl)c2)[nH]c(NC)nc1=S.CO. The molecule has 2 aromatic rings. The summed E-state index contributed by atoms with van der Waals surface area (Å²) in [5.74, 6) is 0.574. The van der Waals surface area contributed by atoms with Crippen LogP contribution in [0.15, 0.2) is 30.3 Å². The van der Waals surface area contributed by atoms with E-state index >= 15 is 0 Å². The molecule has 0 aliphatic rings. The maximum absolute atomic E-state index is 7.00. The molecule has 2 rings (SSSR count). The Balaban J connectivity index is 0.00000139. The van der Waals surface area contributed by atoms with E-state index in [1.165, 1.54) is 0 Å². The topological polar surface area (TPSA) is 99.0 Å². The summed E-state index contributed by atoms with van der Waals surface area (Å²) in [7, 11) is 4.62. The molecule has 0 spiro atoms. The fourth-order valence-corrected chi connectivity index (χ4v) is 2.54. The van der Waals surface area contributed by atoms with Crippen molar-refractivity contribution < 1.29 is 5.11 Å². The number of nitrogens with two attached hydrogens (primary N) is 1. The van der Waals surface area contributed by atoms with Gasteiger partial charge >= 0.3 is 0 Å². The van der Waals surface area contributed by atoms with E-state index in [4.69, 9.17) is 34.7 Å². The van der Waals surface area contributed by atoms with Crippen LogP contribution >= 0.6 is 23.8 Å². The molecule has 0 saturated carbocycles. The zero-order valence-corrected chi connectivity index (χ0v) is 15.4. The lowest BCUT2D eigenvalue weighted by atomic mass is 10.0. The van der Waals surface area contributed by atoms with Crippen molar-refractivity contribution in [2.24, 2.45) is 5.73 Å². The molecule has 0 aliphatic heterocycles. The smallest absolute Gasteiger partial charge is 0.201 e. The Kier molecular flexibility index (Phi) is 8.42. The van der Waals surface area contributed by atoms with E-state index in [9.17, 15) is 0 Å². The van der Waals surface area contributed by atoms with E-state index in [1.807, 2.05) is 37.4 Å². The van der Waals surface area contributed by atoms with Crippen molar-refractivity contribution in [3.8, 4) is 11.3 Å². The number of benzene rings is 1. The van der Waals surface area contributed by atoms with Crippen LogP contribution in [0.2, 0.25) is 5.02 Å². The van der Waals surface area contributed by atoms with Crippen LogP contribution in [-0.4, -0.2) is 42.8 Å². The summed E-state index contributed by atoms with van der Waals surface area (Å²) in [6.07, 6.45) is 1.87. The van der Waals surface area contributed by atoms with Gasteiger partial charge in [0.05, 0.1) is 11.3 Å². The Morgan fingerprint density at radius 3 is 2.71 bits per heavy atom. The molecule has 0 bridgehead atoms. The van der Waals surface area contributed by atoms with Crippen LogP contribution in [0.1, 0.15) is 5.56 Å². The Morgan fingerprint density at radius 2 is 2.12 bits per heavy atom. The fourth-order valence-electron chi connectivity index (χ4n) is 2.03. The number of likely N-dealkylation sites (N-methyl/N-ethyl adjacent to an activating group) is 1. The maximum Gasteiger partial charge on any atom is 0.201 e. The first-order valence-corrected chi connectivity index (χ1v) is 7.98. The lowest BCUT2D eigenvalue weighted by molar-refractivity contribution is 0.399.